The standard InChI is InChI=1S/C12H20N2O4/c1-7(2)10(13-8(3)15)11(16)14-5-4-9(6-14)12(17)18/h7,9-10H,4-6H2,1-3H3,(H,13,15)(H,17,18)/t9-,10-/m0/s1. The molecule has 0 unspecified atom stereocenters. The Morgan fingerprint density at radius 1 is 1.33 bits per heavy atom. The Balaban J connectivity index is 2.67. The predicted octanol–water partition coefficient (Wildman–Crippen LogP) is 0.0802. The molecular formula is C12H20N2O4. The second kappa shape index (κ2) is 5.84. The molecule has 1 rings (SSSR count). The number of carbonyl (C=O) groups is 3. The highest BCUT2D eigenvalue weighted by atomic mass is 16.4. The minimum absolute atomic E-state index is 0.0229. The number of nitrogens with one attached hydrogen (secondary N) is 1. The number of hydrogen-bond donors (Lipinski definition) is 2. The van der Waals surface area contributed by atoms with Crippen LogP contribution in [-0.2, 0) is 14.4 Å². The van der Waals surface area contributed by atoms with Crippen LogP contribution in [0.25, 0.3) is 0 Å². The van der Waals surface area contributed by atoms with Gasteiger partial charge < -0.3 is 15.3 Å². The van der Waals surface area contributed by atoms with Crippen LogP contribution in [-0.4, -0.2) is 46.9 Å². The topological polar surface area (TPSA) is 86.7 Å². The van der Waals surface area contributed by atoms with Crippen LogP contribution in [0.5, 0.6) is 0 Å². The van der Waals surface area contributed by atoms with Crippen LogP contribution < -0.4 is 5.32 Å². The van der Waals surface area contributed by atoms with E-state index >= 15 is 0 Å². The molecule has 0 aliphatic carbocycles. The molecule has 6 nitrogen and oxygen atoms in total. The number of hydrogen-bond acceptors (Lipinski definition) is 3. The van der Waals surface area contributed by atoms with Crippen molar-refractivity contribution in [2.24, 2.45) is 11.8 Å². The second-order valence-corrected chi connectivity index (χ2v) is 5.03. The van der Waals surface area contributed by atoms with Crippen LogP contribution in [0.1, 0.15) is 27.2 Å². The zero-order chi connectivity index (χ0) is 13.9. The smallest absolute Gasteiger partial charge is 0.308 e. The van der Waals surface area contributed by atoms with E-state index in [0.717, 1.165) is 0 Å². The molecular weight excluding hydrogens is 236 g/mol. The molecule has 2 amide bonds. The Hall–Kier alpha value is -1.59. The van der Waals surface area contributed by atoms with E-state index < -0.39 is 17.9 Å². The summed E-state index contributed by atoms with van der Waals surface area (Å²) in [6.45, 7) is 5.74. The summed E-state index contributed by atoms with van der Waals surface area (Å²) < 4.78 is 0. The molecule has 6 heteroatoms. The zero-order valence-corrected chi connectivity index (χ0v) is 11.0. The molecule has 0 spiro atoms. The maximum Gasteiger partial charge on any atom is 0.308 e. The van der Waals surface area contributed by atoms with Gasteiger partial charge in [-0.2, -0.15) is 0 Å². The average molecular weight is 256 g/mol. The third kappa shape index (κ3) is 3.45. The lowest BCUT2D eigenvalue weighted by Gasteiger charge is -2.26. The van der Waals surface area contributed by atoms with Crippen LogP contribution in [0.4, 0.5) is 0 Å². The molecule has 102 valence electrons. The van der Waals surface area contributed by atoms with E-state index in [4.69, 9.17) is 5.11 Å². The first-order chi connectivity index (χ1) is 8.32. The Labute approximate surface area is 106 Å². The molecule has 2 N–H and O–H groups in total. The van der Waals surface area contributed by atoms with Crippen molar-refractivity contribution in [3.05, 3.63) is 0 Å². The lowest BCUT2D eigenvalue weighted by molar-refractivity contribution is -0.142. The highest BCUT2D eigenvalue weighted by molar-refractivity contribution is 5.87. The molecule has 0 aromatic rings. The van der Waals surface area contributed by atoms with Crippen LogP contribution in [0, 0.1) is 11.8 Å². The van der Waals surface area contributed by atoms with Gasteiger partial charge in [-0.25, -0.2) is 0 Å². The van der Waals surface area contributed by atoms with Crippen molar-refractivity contribution >= 4 is 17.8 Å². The van der Waals surface area contributed by atoms with Gasteiger partial charge in [0.05, 0.1) is 5.92 Å². The number of carboxylic acids is 1. The number of carboxylic acid groups (broad SMARTS) is 1. The number of carbonyl (C=O) groups excluding carboxylic acids is 2. The summed E-state index contributed by atoms with van der Waals surface area (Å²) in [4.78, 5) is 35.7. The van der Waals surface area contributed by atoms with Crippen molar-refractivity contribution in [2.45, 2.75) is 33.2 Å². The van der Waals surface area contributed by atoms with E-state index in [0.29, 0.717) is 13.0 Å². The largest absolute Gasteiger partial charge is 0.481 e. The number of rotatable bonds is 4. The Kier molecular flexibility index (Phi) is 4.69. The first-order valence-electron chi connectivity index (χ1n) is 6.11. The first-order valence-corrected chi connectivity index (χ1v) is 6.11. The average Bonchev–Trinajstić information content (AvgIpc) is 2.73. The van der Waals surface area contributed by atoms with Gasteiger partial charge in [0.2, 0.25) is 11.8 Å². The van der Waals surface area contributed by atoms with Crippen molar-refractivity contribution in [2.75, 3.05) is 13.1 Å². The van der Waals surface area contributed by atoms with Crippen LogP contribution in [0.3, 0.4) is 0 Å². The van der Waals surface area contributed by atoms with Crippen LogP contribution in [0.15, 0.2) is 0 Å². The number of aliphatic carboxylic acids is 1. The van der Waals surface area contributed by atoms with Gasteiger partial charge in [-0.05, 0) is 12.3 Å². The fraction of sp³-hybridized carbons (Fsp3) is 0.750. The molecule has 1 heterocycles. The maximum absolute atomic E-state index is 12.2. The SMILES string of the molecule is CC(=O)N[C@H](C(=O)N1CC[C@H](C(=O)O)C1)C(C)C. The summed E-state index contributed by atoms with van der Waals surface area (Å²) in [5.74, 6) is -1.82. The van der Waals surface area contributed by atoms with Gasteiger partial charge in [-0.3, -0.25) is 14.4 Å². The van der Waals surface area contributed by atoms with Gasteiger partial charge in [0, 0.05) is 20.0 Å². The van der Waals surface area contributed by atoms with Gasteiger partial charge in [0.25, 0.3) is 0 Å². The lowest BCUT2D eigenvalue weighted by Crippen LogP contribution is -2.50. The first kappa shape index (κ1) is 14.5. The van der Waals surface area contributed by atoms with Gasteiger partial charge in [0.15, 0.2) is 0 Å². The molecule has 1 saturated heterocycles. The summed E-state index contributed by atoms with van der Waals surface area (Å²) in [6.07, 6.45) is 0.478. The minimum Gasteiger partial charge on any atom is -0.481 e. The van der Waals surface area contributed by atoms with E-state index in [1.165, 1.54) is 11.8 Å². The normalized spacial score (nSPS) is 20.9. The molecule has 1 aliphatic heterocycles. The molecule has 0 radical (unpaired) electrons. The molecule has 1 fully saturated rings. The van der Waals surface area contributed by atoms with E-state index in [-0.39, 0.29) is 24.3 Å². The quantitative estimate of drug-likeness (QED) is 0.745. The molecule has 0 bridgehead atoms. The number of nitrogens with zero attached hydrogens (tertiary/aromatic N) is 1. The van der Waals surface area contributed by atoms with Crippen molar-refractivity contribution in [3.63, 3.8) is 0 Å². The Morgan fingerprint density at radius 2 is 1.94 bits per heavy atom. The lowest BCUT2D eigenvalue weighted by atomic mass is 10.0. The van der Waals surface area contributed by atoms with E-state index in [2.05, 4.69) is 5.32 Å². The van der Waals surface area contributed by atoms with Crippen LogP contribution >= 0.6 is 0 Å². The fourth-order valence-corrected chi connectivity index (χ4v) is 2.09. The van der Waals surface area contributed by atoms with E-state index in [1.807, 2.05) is 13.8 Å². The number of likely N-dealkylation sites (tertiary alicyclic amines) is 1. The van der Waals surface area contributed by atoms with E-state index in [1.54, 1.807) is 0 Å². The molecule has 0 saturated carbocycles. The summed E-state index contributed by atoms with van der Waals surface area (Å²) in [5.41, 5.74) is 0. The van der Waals surface area contributed by atoms with Crippen LogP contribution in [0.2, 0.25) is 0 Å². The van der Waals surface area contributed by atoms with Gasteiger partial charge in [-0.1, -0.05) is 13.8 Å². The third-order valence-electron chi connectivity index (χ3n) is 3.14. The molecule has 1 aliphatic rings. The summed E-state index contributed by atoms with van der Waals surface area (Å²) in [7, 11) is 0. The monoisotopic (exact) mass is 256 g/mol. The third-order valence-corrected chi connectivity index (χ3v) is 3.14. The minimum atomic E-state index is -0.870. The second-order valence-electron chi connectivity index (χ2n) is 5.03. The maximum atomic E-state index is 12.2. The van der Waals surface area contributed by atoms with Gasteiger partial charge >= 0.3 is 5.97 Å². The van der Waals surface area contributed by atoms with E-state index in [9.17, 15) is 14.4 Å². The fourth-order valence-electron chi connectivity index (χ4n) is 2.09. The molecule has 0 aromatic heterocycles. The van der Waals surface area contributed by atoms with Gasteiger partial charge in [0.1, 0.15) is 6.04 Å². The molecule has 18 heavy (non-hydrogen) atoms. The zero-order valence-electron chi connectivity index (χ0n) is 11.0. The van der Waals surface area contributed by atoms with Crippen molar-refractivity contribution in [1.82, 2.24) is 10.2 Å². The Morgan fingerprint density at radius 3 is 2.33 bits per heavy atom. The predicted molar refractivity (Wildman–Crippen MR) is 64.8 cm³/mol. The highest BCUT2D eigenvalue weighted by Crippen LogP contribution is 2.18. The molecule has 0 aromatic carbocycles. The Bertz CT molecular complexity index is 354. The summed E-state index contributed by atoms with van der Waals surface area (Å²) in [6, 6.07) is -0.574. The van der Waals surface area contributed by atoms with Crippen molar-refractivity contribution in [1.29, 1.82) is 0 Å². The van der Waals surface area contributed by atoms with Gasteiger partial charge in [-0.15, -0.1) is 0 Å². The summed E-state index contributed by atoms with van der Waals surface area (Å²) in [5, 5.41) is 11.5. The number of amides is 2. The molecule has 2 atom stereocenters. The highest BCUT2D eigenvalue weighted by Gasteiger charge is 2.35. The van der Waals surface area contributed by atoms with Crippen molar-refractivity contribution < 1.29 is 19.5 Å². The summed E-state index contributed by atoms with van der Waals surface area (Å²) >= 11 is 0. The van der Waals surface area contributed by atoms with Crippen molar-refractivity contribution in [3.8, 4) is 0 Å².